The minimum atomic E-state index is 0.0424. The Kier molecular flexibility index (Phi) is 4.13. The Morgan fingerprint density at radius 2 is 2.21 bits per heavy atom. The molecule has 4 heteroatoms. The second-order valence-electron chi connectivity index (χ2n) is 3.94. The number of hydrogen-bond acceptors (Lipinski definition) is 2. The van der Waals surface area contributed by atoms with Crippen molar-refractivity contribution in [2.24, 2.45) is 5.73 Å². The average Bonchev–Trinajstić information content (AvgIpc) is 2.17. The molecule has 0 aliphatic carbocycles. The van der Waals surface area contributed by atoms with Gasteiger partial charge < -0.3 is 15.8 Å². The molecule has 1 unspecified atom stereocenters. The van der Waals surface area contributed by atoms with Crippen molar-refractivity contribution in [1.82, 2.24) is 5.32 Å². The molecule has 0 aromatic rings. The zero-order valence-corrected chi connectivity index (χ0v) is 9.82. The van der Waals surface area contributed by atoms with E-state index in [1.807, 2.05) is 0 Å². The van der Waals surface area contributed by atoms with E-state index in [1.165, 1.54) is 0 Å². The van der Waals surface area contributed by atoms with Crippen molar-refractivity contribution in [1.29, 1.82) is 0 Å². The predicted octanol–water partition coefficient (Wildman–Crippen LogP) is 1.56. The lowest BCUT2D eigenvalue weighted by Gasteiger charge is -2.40. The Morgan fingerprint density at radius 1 is 1.57 bits per heavy atom. The average molecular weight is 216 g/mol. The lowest BCUT2D eigenvalue weighted by molar-refractivity contribution is -0.0909. The second-order valence-corrected chi connectivity index (χ2v) is 4.38. The summed E-state index contributed by atoms with van der Waals surface area (Å²) in [5, 5.41) is 3.54. The van der Waals surface area contributed by atoms with E-state index < -0.39 is 0 Å². The van der Waals surface area contributed by atoms with Gasteiger partial charge in [0.25, 0.3) is 0 Å². The maximum absolute atomic E-state index is 5.85. The second kappa shape index (κ2) is 4.94. The third-order valence-corrected chi connectivity index (χ3v) is 3.25. The molecule has 3 N–H and O–H groups in total. The van der Waals surface area contributed by atoms with E-state index in [2.05, 4.69) is 19.2 Å². The normalized spacial score (nSPS) is 25.7. The summed E-state index contributed by atoms with van der Waals surface area (Å²) >= 11 is 4.85. The fraction of sp³-hybridized carbons (Fsp3) is 0.900. The zero-order chi connectivity index (χ0) is 10.6. The molecule has 1 aliphatic heterocycles. The molecule has 0 aromatic carbocycles. The van der Waals surface area contributed by atoms with Gasteiger partial charge in [0.2, 0.25) is 0 Å². The first-order valence-electron chi connectivity index (χ1n) is 5.32. The van der Waals surface area contributed by atoms with Crippen LogP contribution in [0.15, 0.2) is 0 Å². The number of nitrogens with one attached hydrogen (secondary N) is 1. The van der Waals surface area contributed by atoms with Gasteiger partial charge in [0, 0.05) is 12.6 Å². The number of hydrogen-bond donors (Lipinski definition) is 2. The highest BCUT2D eigenvalue weighted by atomic mass is 32.1. The number of ether oxygens (including phenoxy) is 1. The third-order valence-electron chi connectivity index (χ3n) is 3.13. The summed E-state index contributed by atoms with van der Waals surface area (Å²) in [5.41, 5.74) is 5.52. The standard InChI is InChI=1S/C10H20N2OS/c1-3-10(4-2)7-8(5-6-13-10)12-9(11)14/h8H,3-7H2,1-2H3,(H3,11,12,14). The molecular weight excluding hydrogens is 196 g/mol. The van der Waals surface area contributed by atoms with E-state index in [0.717, 1.165) is 32.3 Å². The molecule has 0 amide bonds. The summed E-state index contributed by atoms with van der Waals surface area (Å²) in [6, 6.07) is 0.390. The van der Waals surface area contributed by atoms with Gasteiger partial charge in [-0.2, -0.15) is 0 Å². The zero-order valence-electron chi connectivity index (χ0n) is 9.01. The van der Waals surface area contributed by atoms with Crippen molar-refractivity contribution in [3.05, 3.63) is 0 Å². The molecule has 1 atom stereocenters. The van der Waals surface area contributed by atoms with Crippen molar-refractivity contribution in [2.45, 2.75) is 51.2 Å². The highest BCUT2D eigenvalue weighted by molar-refractivity contribution is 7.80. The molecule has 82 valence electrons. The lowest BCUT2D eigenvalue weighted by atomic mass is 9.86. The number of nitrogens with two attached hydrogens (primary N) is 1. The van der Waals surface area contributed by atoms with Gasteiger partial charge in [-0.05, 0) is 37.9 Å². The maximum atomic E-state index is 5.85. The monoisotopic (exact) mass is 216 g/mol. The summed E-state index contributed by atoms with van der Waals surface area (Å²) in [6.07, 6.45) is 4.12. The van der Waals surface area contributed by atoms with Crippen LogP contribution in [0.1, 0.15) is 39.5 Å². The van der Waals surface area contributed by atoms with Gasteiger partial charge in [-0.1, -0.05) is 13.8 Å². The van der Waals surface area contributed by atoms with Gasteiger partial charge in [0.05, 0.1) is 5.60 Å². The summed E-state index contributed by atoms with van der Waals surface area (Å²) in [5.74, 6) is 0. The first kappa shape index (κ1) is 11.7. The van der Waals surface area contributed by atoms with Crippen LogP contribution in [0.4, 0.5) is 0 Å². The van der Waals surface area contributed by atoms with Crippen molar-refractivity contribution in [2.75, 3.05) is 6.61 Å². The molecule has 1 saturated heterocycles. The molecule has 0 radical (unpaired) electrons. The highest BCUT2D eigenvalue weighted by Crippen LogP contribution is 2.31. The van der Waals surface area contributed by atoms with Gasteiger partial charge in [0.15, 0.2) is 5.11 Å². The molecule has 0 bridgehead atoms. The van der Waals surface area contributed by atoms with Crippen molar-refractivity contribution < 1.29 is 4.74 Å². The van der Waals surface area contributed by atoms with Gasteiger partial charge >= 0.3 is 0 Å². The van der Waals surface area contributed by atoms with E-state index in [0.29, 0.717) is 11.2 Å². The molecule has 1 rings (SSSR count). The Labute approximate surface area is 91.4 Å². The minimum Gasteiger partial charge on any atom is -0.376 e. The summed E-state index contributed by atoms with van der Waals surface area (Å²) in [6.45, 7) is 5.15. The van der Waals surface area contributed by atoms with Crippen LogP contribution in [0.2, 0.25) is 0 Å². The Morgan fingerprint density at radius 3 is 2.71 bits per heavy atom. The largest absolute Gasteiger partial charge is 0.376 e. The molecular formula is C10H20N2OS. The van der Waals surface area contributed by atoms with Crippen molar-refractivity contribution >= 4 is 17.3 Å². The van der Waals surface area contributed by atoms with Gasteiger partial charge in [-0.15, -0.1) is 0 Å². The van der Waals surface area contributed by atoms with Crippen molar-refractivity contribution in [3.8, 4) is 0 Å². The first-order chi connectivity index (χ1) is 6.62. The Bertz CT molecular complexity index is 204. The molecule has 1 aliphatic rings. The van der Waals surface area contributed by atoms with E-state index in [9.17, 15) is 0 Å². The summed E-state index contributed by atoms with van der Waals surface area (Å²) in [7, 11) is 0. The molecule has 1 fully saturated rings. The van der Waals surface area contributed by atoms with E-state index in [4.69, 9.17) is 22.7 Å². The maximum Gasteiger partial charge on any atom is 0.163 e. The SMILES string of the molecule is CCC1(CC)CC(NC(N)=S)CCO1. The predicted molar refractivity (Wildman–Crippen MR) is 62.2 cm³/mol. The molecule has 0 saturated carbocycles. The van der Waals surface area contributed by atoms with Crippen LogP contribution in [0.3, 0.4) is 0 Å². The van der Waals surface area contributed by atoms with E-state index in [1.54, 1.807) is 0 Å². The molecule has 0 spiro atoms. The van der Waals surface area contributed by atoms with Crippen LogP contribution in [-0.4, -0.2) is 23.4 Å². The van der Waals surface area contributed by atoms with Gasteiger partial charge in [-0.25, -0.2) is 0 Å². The fourth-order valence-corrected chi connectivity index (χ4v) is 2.26. The van der Waals surface area contributed by atoms with Gasteiger partial charge in [-0.3, -0.25) is 0 Å². The minimum absolute atomic E-state index is 0.0424. The van der Waals surface area contributed by atoms with Crippen molar-refractivity contribution in [3.63, 3.8) is 0 Å². The van der Waals surface area contributed by atoms with E-state index in [-0.39, 0.29) is 5.60 Å². The van der Waals surface area contributed by atoms with Gasteiger partial charge in [0.1, 0.15) is 0 Å². The van der Waals surface area contributed by atoms with E-state index >= 15 is 0 Å². The lowest BCUT2D eigenvalue weighted by Crippen LogP contribution is -2.49. The highest BCUT2D eigenvalue weighted by Gasteiger charge is 2.34. The Balaban J connectivity index is 2.53. The Hall–Kier alpha value is -0.350. The summed E-state index contributed by atoms with van der Waals surface area (Å²) in [4.78, 5) is 0. The number of rotatable bonds is 3. The van der Waals surface area contributed by atoms with Crippen LogP contribution in [-0.2, 0) is 4.74 Å². The number of thiocarbonyl (C=S) groups is 1. The topological polar surface area (TPSA) is 47.3 Å². The van der Waals surface area contributed by atoms with Crippen LogP contribution in [0.5, 0.6) is 0 Å². The van der Waals surface area contributed by atoms with Crippen LogP contribution in [0.25, 0.3) is 0 Å². The smallest absolute Gasteiger partial charge is 0.163 e. The molecule has 3 nitrogen and oxygen atoms in total. The molecule has 1 heterocycles. The van der Waals surface area contributed by atoms with Crippen LogP contribution >= 0.6 is 12.2 Å². The van der Waals surface area contributed by atoms with Crippen LogP contribution < -0.4 is 11.1 Å². The quantitative estimate of drug-likeness (QED) is 0.703. The fourth-order valence-electron chi connectivity index (χ4n) is 2.09. The third kappa shape index (κ3) is 2.82. The van der Waals surface area contributed by atoms with Crippen LogP contribution in [0, 0.1) is 0 Å². The first-order valence-corrected chi connectivity index (χ1v) is 5.72. The summed E-state index contributed by atoms with van der Waals surface area (Å²) < 4.78 is 5.85. The molecule has 0 aromatic heterocycles. The molecule has 14 heavy (non-hydrogen) atoms.